The highest BCUT2D eigenvalue weighted by Gasteiger charge is 2.15. The van der Waals surface area contributed by atoms with Crippen molar-refractivity contribution in [2.24, 2.45) is 0 Å². The number of nitrogens with one attached hydrogen (secondary N) is 3. The van der Waals surface area contributed by atoms with Gasteiger partial charge in [-0.2, -0.15) is 0 Å². The molecule has 184 valence electrons. The van der Waals surface area contributed by atoms with Crippen LogP contribution in [0.25, 0.3) is 0 Å². The van der Waals surface area contributed by atoms with Gasteiger partial charge in [0.1, 0.15) is 5.75 Å². The average molecular weight is 512 g/mol. The number of carbonyl (C=O) groups is 1. The molecule has 0 aliphatic carbocycles. The molecule has 0 unspecified atom stereocenters. The van der Waals surface area contributed by atoms with E-state index in [0.717, 1.165) is 24.8 Å². The van der Waals surface area contributed by atoms with E-state index in [2.05, 4.69) is 22.3 Å². The van der Waals surface area contributed by atoms with Gasteiger partial charge in [-0.25, -0.2) is 13.1 Å². The first-order chi connectivity index (χ1) is 16.9. The predicted molar refractivity (Wildman–Crippen MR) is 142 cm³/mol. The SMILES string of the molecule is CCCCCOc1ccccc1C(=O)NC(=S)Nc1ccc(S(=O)(=O)NCc2ccccc2)cc1. The molecule has 0 saturated carbocycles. The smallest absolute Gasteiger partial charge is 0.261 e. The molecule has 3 rings (SSSR count). The molecule has 3 aromatic rings. The second kappa shape index (κ2) is 13.0. The van der Waals surface area contributed by atoms with Gasteiger partial charge >= 0.3 is 0 Å². The van der Waals surface area contributed by atoms with Crippen molar-refractivity contribution in [3.05, 3.63) is 90.0 Å². The zero-order valence-corrected chi connectivity index (χ0v) is 21.1. The molecule has 0 bridgehead atoms. The topological polar surface area (TPSA) is 96.5 Å². The van der Waals surface area contributed by atoms with Crippen LogP contribution in [0.5, 0.6) is 5.75 Å². The summed E-state index contributed by atoms with van der Waals surface area (Å²) in [6.45, 7) is 2.85. The minimum Gasteiger partial charge on any atom is -0.493 e. The Kier molecular flexibility index (Phi) is 9.77. The number of rotatable bonds is 11. The number of carbonyl (C=O) groups excluding carboxylic acids is 1. The maximum atomic E-state index is 12.7. The second-order valence-corrected chi connectivity index (χ2v) is 9.97. The van der Waals surface area contributed by atoms with Crippen molar-refractivity contribution in [3.63, 3.8) is 0 Å². The van der Waals surface area contributed by atoms with E-state index in [1.54, 1.807) is 30.3 Å². The van der Waals surface area contributed by atoms with Crippen LogP contribution in [-0.4, -0.2) is 26.0 Å². The number of ether oxygens (including phenoxy) is 1. The molecule has 1 amide bonds. The Morgan fingerprint density at radius 2 is 1.60 bits per heavy atom. The molecular formula is C26H29N3O4S2. The number of amides is 1. The highest BCUT2D eigenvalue weighted by molar-refractivity contribution is 7.89. The second-order valence-electron chi connectivity index (χ2n) is 7.79. The van der Waals surface area contributed by atoms with Crippen LogP contribution >= 0.6 is 12.2 Å². The van der Waals surface area contributed by atoms with E-state index in [1.807, 2.05) is 36.4 Å². The summed E-state index contributed by atoms with van der Waals surface area (Å²) in [5.74, 6) is 0.111. The Balaban J connectivity index is 1.55. The third-order valence-corrected chi connectivity index (χ3v) is 6.72. The van der Waals surface area contributed by atoms with Crippen LogP contribution in [0.3, 0.4) is 0 Å². The summed E-state index contributed by atoms with van der Waals surface area (Å²) in [6, 6.07) is 22.4. The fourth-order valence-electron chi connectivity index (χ4n) is 3.22. The lowest BCUT2D eigenvalue weighted by atomic mass is 10.2. The third-order valence-electron chi connectivity index (χ3n) is 5.10. The van der Waals surface area contributed by atoms with Gasteiger partial charge in [0.05, 0.1) is 17.1 Å². The van der Waals surface area contributed by atoms with Gasteiger partial charge in [0.2, 0.25) is 10.0 Å². The van der Waals surface area contributed by atoms with E-state index < -0.39 is 15.9 Å². The third kappa shape index (κ3) is 8.17. The van der Waals surface area contributed by atoms with Gasteiger partial charge in [-0.15, -0.1) is 0 Å². The fourth-order valence-corrected chi connectivity index (χ4v) is 4.45. The van der Waals surface area contributed by atoms with Crippen LogP contribution in [0.4, 0.5) is 5.69 Å². The van der Waals surface area contributed by atoms with Crippen LogP contribution in [0.15, 0.2) is 83.8 Å². The number of hydrogen-bond donors (Lipinski definition) is 3. The Bertz CT molecular complexity index is 1230. The Morgan fingerprint density at radius 3 is 2.31 bits per heavy atom. The lowest BCUT2D eigenvalue weighted by Crippen LogP contribution is -2.34. The number of anilines is 1. The van der Waals surface area contributed by atoms with Crippen molar-refractivity contribution in [2.75, 3.05) is 11.9 Å². The summed E-state index contributed by atoms with van der Waals surface area (Å²) < 4.78 is 33.5. The molecule has 0 aliphatic heterocycles. The average Bonchev–Trinajstić information content (AvgIpc) is 2.86. The zero-order chi connectivity index (χ0) is 25.1. The monoisotopic (exact) mass is 511 g/mol. The van der Waals surface area contributed by atoms with E-state index in [-0.39, 0.29) is 16.6 Å². The van der Waals surface area contributed by atoms with Gasteiger partial charge in [0, 0.05) is 12.2 Å². The number of unbranched alkanes of at least 4 members (excludes halogenated alkanes) is 2. The molecule has 0 fully saturated rings. The lowest BCUT2D eigenvalue weighted by molar-refractivity contribution is 0.0973. The van der Waals surface area contributed by atoms with E-state index >= 15 is 0 Å². The van der Waals surface area contributed by atoms with E-state index in [0.29, 0.717) is 23.6 Å². The number of sulfonamides is 1. The minimum absolute atomic E-state index is 0.0913. The number of benzene rings is 3. The molecule has 0 radical (unpaired) electrons. The molecule has 0 aliphatic rings. The van der Waals surface area contributed by atoms with Crippen LogP contribution in [-0.2, 0) is 16.6 Å². The van der Waals surface area contributed by atoms with E-state index in [9.17, 15) is 13.2 Å². The zero-order valence-electron chi connectivity index (χ0n) is 19.5. The van der Waals surface area contributed by atoms with Crippen LogP contribution in [0, 0.1) is 0 Å². The number of thiocarbonyl (C=S) groups is 1. The Hall–Kier alpha value is -3.27. The van der Waals surface area contributed by atoms with Crippen LogP contribution in [0.1, 0.15) is 42.1 Å². The van der Waals surface area contributed by atoms with Gasteiger partial charge in [0.25, 0.3) is 5.91 Å². The van der Waals surface area contributed by atoms with E-state index in [4.69, 9.17) is 17.0 Å². The Morgan fingerprint density at radius 1 is 0.914 bits per heavy atom. The van der Waals surface area contributed by atoms with Gasteiger partial charge in [-0.05, 0) is 60.6 Å². The lowest BCUT2D eigenvalue weighted by Gasteiger charge is -2.13. The van der Waals surface area contributed by atoms with Crippen LogP contribution < -0.4 is 20.1 Å². The molecule has 0 aromatic heterocycles. The maximum absolute atomic E-state index is 12.7. The van der Waals surface area contributed by atoms with Crippen molar-refractivity contribution in [2.45, 2.75) is 37.6 Å². The minimum atomic E-state index is -3.67. The van der Waals surface area contributed by atoms with Crippen LogP contribution in [0.2, 0.25) is 0 Å². The van der Waals surface area contributed by atoms with Crippen molar-refractivity contribution in [1.29, 1.82) is 0 Å². The van der Waals surface area contributed by atoms with Gasteiger partial charge in [-0.3, -0.25) is 10.1 Å². The van der Waals surface area contributed by atoms with Gasteiger partial charge in [-0.1, -0.05) is 62.2 Å². The van der Waals surface area contributed by atoms with Crippen molar-refractivity contribution in [3.8, 4) is 5.75 Å². The summed E-state index contributed by atoms with van der Waals surface area (Å²) in [7, 11) is -3.67. The highest BCUT2D eigenvalue weighted by atomic mass is 32.2. The normalized spacial score (nSPS) is 11.0. The summed E-state index contributed by atoms with van der Waals surface area (Å²) in [5.41, 5.74) is 1.80. The maximum Gasteiger partial charge on any atom is 0.261 e. The molecule has 0 atom stereocenters. The number of hydrogen-bond acceptors (Lipinski definition) is 5. The molecule has 3 N–H and O–H groups in total. The first kappa shape index (κ1) is 26.3. The quantitative estimate of drug-likeness (QED) is 0.251. The predicted octanol–water partition coefficient (Wildman–Crippen LogP) is 4.86. The molecular weight excluding hydrogens is 482 g/mol. The summed E-state index contributed by atoms with van der Waals surface area (Å²) >= 11 is 5.27. The molecule has 0 spiro atoms. The molecule has 9 heteroatoms. The van der Waals surface area contributed by atoms with Crippen molar-refractivity contribution in [1.82, 2.24) is 10.0 Å². The first-order valence-electron chi connectivity index (χ1n) is 11.4. The summed E-state index contributed by atoms with van der Waals surface area (Å²) in [4.78, 5) is 12.9. The molecule has 0 saturated heterocycles. The van der Waals surface area contributed by atoms with Gasteiger partial charge in [0.15, 0.2) is 5.11 Å². The number of para-hydroxylation sites is 1. The molecule has 3 aromatic carbocycles. The van der Waals surface area contributed by atoms with E-state index in [1.165, 1.54) is 12.1 Å². The highest BCUT2D eigenvalue weighted by Crippen LogP contribution is 2.19. The van der Waals surface area contributed by atoms with Crippen molar-refractivity contribution < 1.29 is 17.9 Å². The first-order valence-corrected chi connectivity index (χ1v) is 13.3. The van der Waals surface area contributed by atoms with Gasteiger partial charge < -0.3 is 10.1 Å². The van der Waals surface area contributed by atoms with Crippen molar-refractivity contribution >= 4 is 38.9 Å². The fraction of sp³-hybridized carbons (Fsp3) is 0.231. The largest absolute Gasteiger partial charge is 0.493 e. The Labute approximate surface area is 212 Å². The molecule has 0 heterocycles. The molecule has 35 heavy (non-hydrogen) atoms. The standard InChI is InChI=1S/C26H29N3O4S2/c1-2-3-9-18-33-24-13-8-7-12-23(24)25(30)29-26(34)28-21-14-16-22(17-15-21)35(31,32)27-19-20-10-5-4-6-11-20/h4-8,10-17,27H,2-3,9,18-19H2,1H3,(H2,28,29,30,34). The summed E-state index contributed by atoms with van der Waals surface area (Å²) in [5, 5.41) is 5.63. The molecule has 7 nitrogen and oxygen atoms in total. The summed E-state index contributed by atoms with van der Waals surface area (Å²) in [6.07, 6.45) is 3.06.